The van der Waals surface area contributed by atoms with Gasteiger partial charge in [0.1, 0.15) is 0 Å². The van der Waals surface area contributed by atoms with Gasteiger partial charge in [0, 0.05) is 27.8 Å². The maximum absolute atomic E-state index is 12.1. The third-order valence-electron chi connectivity index (χ3n) is 3.48. The summed E-state index contributed by atoms with van der Waals surface area (Å²) in [5.74, 6) is 0.670. The number of benzene rings is 2. The molecule has 0 fully saturated rings. The zero-order chi connectivity index (χ0) is 14.5. The molecular weight excluding hydrogens is 266 g/mol. The average Bonchev–Trinajstić information content (AvgIpc) is 2.46. The van der Waals surface area contributed by atoms with E-state index in [1.165, 1.54) is 16.3 Å². The molecule has 108 valence electrons. The zero-order valence-electron chi connectivity index (χ0n) is 12.4. The molecule has 2 nitrogen and oxygen atoms in total. The molecule has 0 aliphatic heterocycles. The number of hydrogen-bond acceptors (Lipinski definition) is 2. The van der Waals surface area contributed by atoms with Crippen molar-refractivity contribution >= 4 is 21.6 Å². The minimum Gasteiger partial charge on any atom is -0.309 e. The van der Waals surface area contributed by atoms with Crippen LogP contribution in [0.2, 0.25) is 0 Å². The molecule has 2 aromatic carbocycles. The first-order valence-corrected chi connectivity index (χ1v) is 8.59. The molecule has 0 amide bonds. The molecule has 2 unspecified atom stereocenters. The van der Waals surface area contributed by atoms with Crippen LogP contribution in [0, 0.1) is 0 Å². The van der Waals surface area contributed by atoms with Gasteiger partial charge in [0.2, 0.25) is 0 Å². The zero-order valence-corrected chi connectivity index (χ0v) is 13.2. The van der Waals surface area contributed by atoms with Crippen molar-refractivity contribution in [1.82, 2.24) is 5.32 Å². The quantitative estimate of drug-likeness (QED) is 0.879. The fourth-order valence-corrected chi connectivity index (χ4v) is 3.32. The topological polar surface area (TPSA) is 29.1 Å². The van der Waals surface area contributed by atoms with Gasteiger partial charge in [-0.2, -0.15) is 0 Å². The third-order valence-corrected chi connectivity index (χ3v) is 5.20. The number of nitrogens with one attached hydrogen (secondary N) is 1. The molecule has 0 bridgehead atoms. The summed E-state index contributed by atoms with van der Waals surface area (Å²) in [6, 6.07) is 15.0. The van der Waals surface area contributed by atoms with Crippen molar-refractivity contribution in [2.24, 2.45) is 0 Å². The predicted octanol–water partition coefficient (Wildman–Crippen LogP) is 3.65. The molecule has 20 heavy (non-hydrogen) atoms. The van der Waals surface area contributed by atoms with Crippen LogP contribution in [0.3, 0.4) is 0 Å². The largest absolute Gasteiger partial charge is 0.309 e. The Kier molecular flexibility index (Phi) is 5.32. The van der Waals surface area contributed by atoms with E-state index in [4.69, 9.17) is 0 Å². The minimum atomic E-state index is -0.800. The Morgan fingerprint density at radius 3 is 2.45 bits per heavy atom. The van der Waals surface area contributed by atoms with Crippen molar-refractivity contribution < 1.29 is 4.21 Å². The summed E-state index contributed by atoms with van der Waals surface area (Å²) in [6.07, 6.45) is 0. The maximum atomic E-state index is 12.1. The first kappa shape index (κ1) is 15.2. The lowest BCUT2D eigenvalue weighted by Crippen LogP contribution is -2.28. The van der Waals surface area contributed by atoms with E-state index in [2.05, 4.69) is 54.7 Å². The van der Waals surface area contributed by atoms with Gasteiger partial charge in [0.15, 0.2) is 0 Å². The van der Waals surface area contributed by atoms with E-state index in [1.807, 2.05) is 13.8 Å². The van der Waals surface area contributed by atoms with Crippen molar-refractivity contribution in [2.75, 3.05) is 12.3 Å². The van der Waals surface area contributed by atoms with Crippen LogP contribution < -0.4 is 5.32 Å². The molecule has 2 aromatic rings. The first-order valence-electron chi connectivity index (χ1n) is 7.21. The van der Waals surface area contributed by atoms with Crippen LogP contribution in [-0.2, 0) is 10.8 Å². The second-order valence-corrected chi connectivity index (χ2v) is 7.35. The smallest absolute Gasteiger partial charge is 0.0437 e. The third kappa shape index (κ3) is 3.68. The van der Waals surface area contributed by atoms with E-state index in [1.54, 1.807) is 0 Å². The van der Waals surface area contributed by atoms with Crippen molar-refractivity contribution in [3.63, 3.8) is 0 Å². The highest BCUT2D eigenvalue weighted by Crippen LogP contribution is 2.21. The molecule has 2 atom stereocenters. The molecule has 0 saturated heterocycles. The Morgan fingerprint density at radius 2 is 1.80 bits per heavy atom. The molecule has 0 saturated carbocycles. The Labute approximate surface area is 124 Å². The molecule has 0 aromatic heterocycles. The van der Waals surface area contributed by atoms with Gasteiger partial charge >= 0.3 is 0 Å². The van der Waals surface area contributed by atoms with Gasteiger partial charge in [-0.15, -0.1) is 0 Å². The monoisotopic (exact) mass is 289 g/mol. The number of hydrogen-bond donors (Lipinski definition) is 1. The van der Waals surface area contributed by atoms with Gasteiger partial charge in [-0.3, -0.25) is 4.21 Å². The second-order valence-electron chi connectivity index (χ2n) is 5.31. The van der Waals surface area contributed by atoms with Crippen molar-refractivity contribution in [3.05, 3.63) is 48.0 Å². The molecule has 0 aliphatic rings. The van der Waals surface area contributed by atoms with Crippen LogP contribution in [0.1, 0.15) is 32.4 Å². The normalized spacial score (nSPS) is 14.6. The summed E-state index contributed by atoms with van der Waals surface area (Å²) >= 11 is 0. The summed E-state index contributed by atoms with van der Waals surface area (Å²) < 4.78 is 12.1. The van der Waals surface area contributed by atoms with Gasteiger partial charge in [-0.05, 0) is 28.9 Å². The summed E-state index contributed by atoms with van der Waals surface area (Å²) in [4.78, 5) is 0. The Balaban J connectivity index is 2.28. The van der Waals surface area contributed by atoms with E-state index in [0.29, 0.717) is 5.75 Å². The fourth-order valence-electron chi connectivity index (χ4n) is 2.30. The molecule has 0 radical (unpaired) electrons. The van der Waals surface area contributed by atoms with Crippen molar-refractivity contribution in [2.45, 2.75) is 32.1 Å². The SMILES string of the molecule is CCNC(CS(=O)C(C)C)c1ccc2ccccc2c1. The molecule has 0 heterocycles. The van der Waals surface area contributed by atoms with E-state index in [9.17, 15) is 4.21 Å². The van der Waals surface area contributed by atoms with E-state index in [-0.39, 0.29) is 11.3 Å². The first-order chi connectivity index (χ1) is 9.61. The van der Waals surface area contributed by atoms with Crippen LogP contribution >= 0.6 is 0 Å². The lowest BCUT2D eigenvalue weighted by atomic mass is 10.0. The highest BCUT2D eigenvalue weighted by Gasteiger charge is 2.16. The van der Waals surface area contributed by atoms with Crippen LogP contribution in [-0.4, -0.2) is 21.8 Å². The van der Waals surface area contributed by atoms with Crippen LogP contribution in [0.5, 0.6) is 0 Å². The summed E-state index contributed by atoms with van der Waals surface area (Å²) in [7, 11) is -0.800. The molecular formula is C17H23NOS. The fraction of sp³-hybridized carbons (Fsp3) is 0.412. The van der Waals surface area contributed by atoms with Gasteiger partial charge < -0.3 is 5.32 Å². The molecule has 0 spiro atoms. The van der Waals surface area contributed by atoms with Gasteiger partial charge in [-0.25, -0.2) is 0 Å². The number of fused-ring (bicyclic) bond motifs is 1. The Morgan fingerprint density at radius 1 is 1.10 bits per heavy atom. The van der Waals surface area contributed by atoms with E-state index in [0.717, 1.165) is 6.54 Å². The van der Waals surface area contributed by atoms with Crippen LogP contribution in [0.15, 0.2) is 42.5 Å². The lowest BCUT2D eigenvalue weighted by molar-refractivity contribution is 0.593. The van der Waals surface area contributed by atoms with Crippen molar-refractivity contribution in [1.29, 1.82) is 0 Å². The highest BCUT2D eigenvalue weighted by atomic mass is 32.2. The maximum Gasteiger partial charge on any atom is 0.0437 e. The molecule has 3 heteroatoms. The van der Waals surface area contributed by atoms with E-state index < -0.39 is 10.8 Å². The molecule has 2 rings (SSSR count). The van der Waals surface area contributed by atoms with Crippen LogP contribution in [0.25, 0.3) is 10.8 Å². The van der Waals surface area contributed by atoms with Gasteiger partial charge in [-0.1, -0.05) is 57.2 Å². The lowest BCUT2D eigenvalue weighted by Gasteiger charge is -2.19. The predicted molar refractivity (Wildman–Crippen MR) is 88.5 cm³/mol. The van der Waals surface area contributed by atoms with Crippen molar-refractivity contribution in [3.8, 4) is 0 Å². The molecule has 0 aliphatic carbocycles. The highest BCUT2D eigenvalue weighted by molar-refractivity contribution is 7.85. The summed E-state index contributed by atoms with van der Waals surface area (Å²) in [5, 5.41) is 6.15. The van der Waals surface area contributed by atoms with E-state index >= 15 is 0 Å². The Bertz CT molecular complexity index is 594. The number of rotatable bonds is 6. The minimum absolute atomic E-state index is 0.160. The van der Waals surface area contributed by atoms with Gasteiger partial charge in [0.25, 0.3) is 0 Å². The molecule has 1 N–H and O–H groups in total. The standard InChI is InChI=1S/C17H23NOS/c1-4-18-17(12-20(19)13(2)3)16-10-9-14-7-5-6-8-15(14)11-16/h5-11,13,17-18H,4,12H2,1-3H3. The summed E-state index contributed by atoms with van der Waals surface area (Å²) in [6.45, 7) is 7.00. The second kappa shape index (κ2) is 7.00. The summed E-state index contributed by atoms with van der Waals surface area (Å²) in [5.41, 5.74) is 1.22. The average molecular weight is 289 g/mol. The Hall–Kier alpha value is -1.19. The van der Waals surface area contributed by atoms with Gasteiger partial charge in [0.05, 0.1) is 0 Å². The van der Waals surface area contributed by atoms with Crippen LogP contribution in [0.4, 0.5) is 0 Å².